The van der Waals surface area contributed by atoms with Crippen LogP contribution in [0.5, 0.6) is 11.5 Å². The van der Waals surface area contributed by atoms with Gasteiger partial charge in [-0.2, -0.15) is 0 Å². The Bertz CT molecular complexity index is 808. The number of carbonyl (C=O) groups excluding carboxylic acids is 1. The van der Waals surface area contributed by atoms with Gasteiger partial charge in [0.15, 0.2) is 12.2 Å². The summed E-state index contributed by atoms with van der Waals surface area (Å²) < 4.78 is 21.6. The van der Waals surface area contributed by atoms with Crippen LogP contribution in [-0.4, -0.2) is 37.1 Å². The highest BCUT2D eigenvalue weighted by Gasteiger charge is 2.30. The van der Waals surface area contributed by atoms with Crippen LogP contribution in [0, 0.1) is 0 Å². The van der Waals surface area contributed by atoms with Crippen molar-refractivity contribution < 1.29 is 33.6 Å². The van der Waals surface area contributed by atoms with Gasteiger partial charge in [-0.3, -0.25) is 9.59 Å². The van der Waals surface area contributed by atoms with Gasteiger partial charge in [0, 0.05) is 6.42 Å². The average Bonchev–Trinajstić information content (AvgIpc) is 2.74. The van der Waals surface area contributed by atoms with Gasteiger partial charge in [0.25, 0.3) is 0 Å². The molecule has 0 saturated carbocycles. The predicted molar refractivity (Wildman–Crippen MR) is 104 cm³/mol. The maximum atomic E-state index is 12.4. The lowest BCUT2D eigenvalue weighted by molar-refractivity contribution is -0.155. The molecule has 1 N–H and O–H groups in total. The molecule has 0 amide bonds. The second-order valence-corrected chi connectivity index (χ2v) is 6.71. The maximum Gasteiger partial charge on any atom is 0.325 e. The van der Waals surface area contributed by atoms with Crippen LogP contribution in [0.15, 0.2) is 48.5 Å². The lowest BCUT2D eigenvalue weighted by atomic mass is 9.99. The van der Waals surface area contributed by atoms with Crippen LogP contribution in [-0.2, 0) is 25.7 Å². The van der Waals surface area contributed by atoms with Crippen LogP contribution >= 0.6 is 0 Å². The number of esters is 1. The minimum Gasteiger partial charge on any atom is -0.497 e. The molecule has 0 radical (unpaired) electrons. The fraction of sp³-hybridized carbons (Fsp3) is 0.364. The van der Waals surface area contributed by atoms with Crippen molar-refractivity contribution >= 4 is 11.9 Å². The third-order valence-electron chi connectivity index (χ3n) is 4.64. The van der Waals surface area contributed by atoms with E-state index in [0.717, 1.165) is 24.8 Å². The van der Waals surface area contributed by atoms with E-state index in [0.29, 0.717) is 23.7 Å². The molecule has 1 fully saturated rings. The molecule has 7 nitrogen and oxygen atoms in total. The van der Waals surface area contributed by atoms with Crippen LogP contribution in [0.3, 0.4) is 0 Å². The first kappa shape index (κ1) is 20.7. The van der Waals surface area contributed by atoms with Crippen LogP contribution in [0.2, 0.25) is 0 Å². The summed E-state index contributed by atoms with van der Waals surface area (Å²) in [5.41, 5.74) is 1.06. The summed E-state index contributed by atoms with van der Waals surface area (Å²) in [6.07, 6.45) is 2.60. The zero-order chi connectivity index (χ0) is 20.6. The molecule has 0 spiro atoms. The van der Waals surface area contributed by atoms with Crippen molar-refractivity contribution in [3.63, 3.8) is 0 Å². The zero-order valence-corrected chi connectivity index (χ0v) is 16.2. The molecule has 1 aliphatic heterocycles. The highest BCUT2D eigenvalue weighted by molar-refractivity contribution is 5.99. The summed E-state index contributed by atoms with van der Waals surface area (Å²) in [6, 6.07) is 13.4. The number of rotatable bonds is 8. The van der Waals surface area contributed by atoms with E-state index in [4.69, 9.17) is 18.9 Å². The maximum absolute atomic E-state index is 12.4. The SMILES string of the molecule is COc1ccc(COC(=O)C(C(=O)O)c2ccc(OC3CCCCO3)cc2)cc1. The molecule has 0 bridgehead atoms. The second kappa shape index (κ2) is 9.93. The van der Waals surface area contributed by atoms with Crippen LogP contribution in [0.1, 0.15) is 36.3 Å². The Morgan fingerprint density at radius 1 is 1.07 bits per heavy atom. The summed E-state index contributed by atoms with van der Waals surface area (Å²) in [7, 11) is 1.56. The largest absolute Gasteiger partial charge is 0.497 e. The van der Waals surface area contributed by atoms with E-state index in [1.165, 1.54) is 0 Å². The van der Waals surface area contributed by atoms with E-state index in [9.17, 15) is 14.7 Å². The smallest absolute Gasteiger partial charge is 0.325 e. The second-order valence-electron chi connectivity index (χ2n) is 6.71. The number of carboxylic acids is 1. The molecule has 1 heterocycles. The first-order chi connectivity index (χ1) is 14.1. The lowest BCUT2D eigenvalue weighted by Gasteiger charge is -2.23. The van der Waals surface area contributed by atoms with Crippen LogP contribution in [0.4, 0.5) is 0 Å². The first-order valence-electron chi connectivity index (χ1n) is 9.47. The predicted octanol–water partition coefficient (Wildman–Crippen LogP) is 3.51. The van der Waals surface area contributed by atoms with Crippen molar-refractivity contribution in [1.29, 1.82) is 0 Å². The standard InChI is InChI=1S/C22H24O7/c1-26-17-9-5-15(6-10-17)14-28-22(25)20(21(23)24)16-7-11-18(12-8-16)29-19-4-2-3-13-27-19/h5-12,19-20H,2-4,13-14H2,1H3,(H,23,24). The van der Waals surface area contributed by atoms with Crippen molar-refractivity contribution in [2.45, 2.75) is 38.1 Å². The van der Waals surface area contributed by atoms with E-state index in [1.54, 1.807) is 55.6 Å². The van der Waals surface area contributed by atoms with Crippen LogP contribution < -0.4 is 9.47 Å². The molecule has 29 heavy (non-hydrogen) atoms. The van der Waals surface area contributed by atoms with Gasteiger partial charge in [0.05, 0.1) is 13.7 Å². The fourth-order valence-electron chi connectivity index (χ4n) is 3.03. The topological polar surface area (TPSA) is 91.3 Å². The summed E-state index contributed by atoms with van der Waals surface area (Å²) >= 11 is 0. The number of carboxylic acid groups (broad SMARTS) is 1. The van der Waals surface area contributed by atoms with E-state index in [2.05, 4.69) is 0 Å². The highest BCUT2D eigenvalue weighted by Crippen LogP contribution is 2.24. The van der Waals surface area contributed by atoms with Gasteiger partial charge in [-0.05, 0) is 48.2 Å². The Morgan fingerprint density at radius 3 is 2.34 bits per heavy atom. The molecule has 0 aliphatic carbocycles. The molecule has 2 atom stereocenters. The molecule has 2 unspecified atom stereocenters. The fourth-order valence-corrected chi connectivity index (χ4v) is 3.03. The van der Waals surface area contributed by atoms with Crippen molar-refractivity contribution in [2.75, 3.05) is 13.7 Å². The Balaban J connectivity index is 1.61. The molecule has 2 aromatic rings. The van der Waals surface area contributed by atoms with Crippen molar-refractivity contribution in [3.05, 3.63) is 59.7 Å². The molecule has 3 rings (SSSR count). The summed E-state index contributed by atoms with van der Waals surface area (Å²) in [6.45, 7) is 0.649. The van der Waals surface area contributed by atoms with Crippen LogP contribution in [0.25, 0.3) is 0 Å². The number of carbonyl (C=O) groups is 2. The molecular weight excluding hydrogens is 376 g/mol. The average molecular weight is 400 g/mol. The Labute approximate surface area is 169 Å². The minimum absolute atomic E-state index is 0.0210. The molecule has 0 aromatic heterocycles. The number of hydrogen-bond donors (Lipinski definition) is 1. The Kier molecular flexibility index (Phi) is 7.08. The summed E-state index contributed by atoms with van der Waals surface area (Å²) in [5, 5.41) is 9.52. The molecule has 1 saturated heterocycles. The van der Waals surface area contributed by atoms with Gasteiger partial charge < -0.3 is 24.1 Å². The van der Waals surface area contributed by atoms with Gasteiger partial charge in [-0.1, -0.05) is 24.3 Å². The Morgan fingerprint density at radius 2 is 1.76 bits per heavy atom. The third kappa shape index (κ3) is 5.71. The van der Waals surface area contributed by atoms with Gasteiger partial charge in [0.1, 0.15) is 18.1 Å². The molecule has 154 valence electrons. The molecule has 7 heteroatoms. The monoisotopic (exact) mass is 400 g/mol. The van der Waals surface area contributed by atoms with Crippen molar-refractivity contribution in [2.24, 2.45) is 0 Å². The van der Waals surface area contributed by atoms with E-state index < -0.39 is 17.9 Å². The van der Waals surface area contributed by atoms with Gasteiger partial charge >= 0.3 is 11.9 Å². The van der Waals surface area contributed by atoms with Gasteiger partial charge in [0.2, 0.25) is 0 Å². The normalized spacial score (nSPS) is 17.2. The van der Waals surface area contributed by atoms with E-state index in [1.807, 2.05) is 0 Å². The highest BCUT2D eigenvalue weighted by atomic mass is 16.7. The number of benzene rings is 2. The first-order valence-corrected chi connectivity index (χ1v) is 9.47. The van der Waals surface area contributed by atoms with E-state index >= 15 is 0 Å². The molecule has 2 aromatic carbocycles. The van der Waals surface area contributed by atoms with Gasteiger partial charge in [-0.15, -0.1) is 0 Å². The zero-order valence-electron chi connectivity index (χ0n) is 16.2. The number of methoxy groups -OCH3 is 1. The van der Waals surface area contributed by atoms with Gasteiger partial charge in [-0.25, -0.2) is 0 Å². The quantitative estimate of drug-likeness (QED) is 0.535. The molecular formula is C22H24O7. The summed E-state index contributed by atoms with van der Waals surface area (Å²) in [4.78, 5) is 24.1. The van der Waals surface area contributed by atoms with Crippen molar-refractivity contribution in [1.82, 2.24) is 0 Å². The minimum atomic E-state index is -1.41. The lowest BCUT2D eigenvalue weighted by Crippen LogP contribution is -2.25. The summed E-state index contributed by atoms with van der Waals surface area (Å²) in [5.74, 6) is -2.25. The molecule has 1 aliphatic rings. The number of ether oxygens (including phenoxy) is 4. The third-order valence-corrected chi connectivity index (χ3v) is 4.64. The van der Waals surface area contributed by atoms with E-state index in [-0.39, 0.29) is 12.9 Å². The Hall–Kier alpha value is -3.06. The number of hydrogen-bond acceptors (Lipinski definition) is 6. The number of aliphatic carboxylic acids is 1. The van der Waals surface area contributed by atoms with Crippen molar-refractivity contribution in [3.8, 4) is 11.5 Å².